The number of likely N-dealkylation sites (N-methyl/N-ethyl adjacent to an activating group) is 1. The lowest BCUT2D eigenvalue weighted by Crippen LogP contribution is -2.44. The molecule has 1 aromatic heterocycles. The van der Waals surface area contributed by atoms with Crippen molar-refractivity contribution in [2.75, 3.05) is 13.6 Å². The van der Waals surface area contributed by atoms with E-state index in [0.29, 0.717) is 18.7 Å². The highest BCUT2D eigenvalue weighted by molar-refractivity contribution is 5.83. The molecule has 0 fully saturated rings. The number of amides is 1. The lowest BCUT2D eigenvalue weighted by molar-refractivity contribution is -0.149. The molecule has 1 rings (SSSR count). The maximum Gasteiger partial charge on any atom is 0.326 e. The molecule has 1 atom stereocenters. The van der Waals surface area contributed by atoms with Crippen LogP contribution in [-0.4, -0.2) is 51.5 Å². The summed E-state index contributed by atoms with van der Waals surface area (Å²) in [6, 6.07) is -0.893. The van der Waals surface area contributed by atoms with Crippen molar-refractivity contribution in [2.24, 2.45) is 5.73 Å². The first kappa shape index (κ1) is 14.2. The van der Waals surface area contributed by atoms with E-state index in [1.807, 2.05) is 0 Å². The van der Waals surface area contributed by atoms with Crippen LogP contribution in [-0.2, 0) is 16.0 Å². The van der Waals surface area contributed by atoms with Crippen molar-refractivity contribution in [1.82, 2.24) is 14.9 Å². The summed E-state index contributed by atoms with van der Waals surface area (Å²) in [6.45, 7) is 0.415. The van der Waals surface area contributed by atoms with Crippen LogP contribution in [0.5, 0.6) is 0 Å². The number of aromatic amines is 1. The Morgan fingerprint density at radius 3 is 2.83 bits per heavy atom. The third kappa shape index (κ3) is 3.85. The molecule has 7 heteroatoms. The zero-order valence-corrected chi connectivity index (χ0v) is 10.3. The fourth-order valence-corrected chi connectivity index (χ4v) is 1.60. The highest BCUT2D eigenvalue weighted by Gasteiger charge is 2.26. The van der Waals surface area contributed by atoms with Gasteiger partial charge < -0.3 is 20.7 Å². The molecule has 1 heterocycles. The van der Waals surface area contributed by atoms with E-state index in [1.54, 1.807) is 6.20 Å². The molecule has 100 valence electrons. The fourth-order valence-electron chi connectivity index (χ4n) is 1.60. The van der Waals surface area contributed by atoms with E-state index in [9.17, 15) is 9.59 Å². The molecule has 1 aromatic rings. The van der Waals surface area contributed by atoms with Gasteiger partial charge in [-0.1, -0.05) is 0 Å². The Balaban J connectivity index is 2.66. The van der Waals surface area contributed by atoms with Crippen LogP contribution in [0.15, 0.2) is 12.5 Å². The molecule has 18 heavy (non-hydrogen) atoms. The van der Waals surface area contributed by atoms with Gasteiger partial charge in [0, 0.05) is 31.8 Å². The average molecular weight is 254 g/mol. The molecular formula is C11H18N4O3. The second kappa shape index (κ2) is 6.75. The van der Waals surface area contributed by atoms with E-state index >= 15 is 0 Å². The van der Waals surface area contributed by atoms with Gasteiger partial charge in [0.05, 0.1) is 6.33 Å². The van der Waals surface area contributed by atoms with E-state index in [1.165, 1.54) is 18.3 Å². The minimum Gasteiger partial charge on any atom is -0.480 e. The number of imidazole rings is 1. The van der Waals surface area contributed by atoms with Gasteiger partial charge in [-0.05, 0) is 13.0 Å². The van der Waals surface area contributed by atoms with Crippen LogP contribution in [0.25, 0.3) is 0 Å². The van der Waals surface area contributed by atoms with Gasteiger partial charge >= 0.3 is 5.97 Å². The largest absolute Gasteiger partial charge is 0.480 e. The summed E-state index contributed by atoms with van der Waals surface area (Å²) in [4.78, 5) is 30.8. The second-order valence-electron chi connectivity index (χ2n) is 4.03. The molecule has 0 saturated heterocycles. The Labute approximate surface area is 105 Å². The molecule has 0 bridgehead atoms. The average Bonchev–Trinajstić information content (AvgIpc) is 2.84. The van der Waals surface area contributed by atoms with Gasteiger partial charge in [-0.25, -0.2) is 9.78 Å². The van der Waals surface area contributed by atoms with E-state index < -0.39 is 12.0 Å². The van der Waals surface area contributed by atoms with Gasteiger partial charge in [0.1, 0.15) is 6.04 Å². The zero-order valence-electron chi connectivity index (χ0n) is 10.3. The Morgan fingerprint density at radius 1 is 1.61 bits per heavy atom. The Kier molecular flexibility index (Phi) is 5.31. The van der Waals surface area contributed by atoms with Crippen molar-refractivity contribution in [2.45, 2.75) is 25.3 Å². The van der Waals surface area contributed by atoms with E-state index in [2.05, 4.69) is 9.97 Å². The van der Waals surface area contributed by atoms with Crippen molar-refractivity contribution >= 4 is 11.9 Å². The number of hydrogen-bond acceptors (Lipinski definition) is 4. The number of nitrogens with two attached hydrogens (primary N) is 1. The molecule has 0 aliphatic heterocycles. The predicted molar refractivity (Wildman–Crippen MR) is 64.8 cm³/mol. The molecule has 0 aliphatic carbocycles. The van der Waals surface area contributed by atoms with Crippen LogP contribution >= 0.6 is 0 Å². The molecule has 7 nitrogen and oxygen atoms in total. The van der Waals surface area contributed by atoms with Gasteiger partial charge in [0.15, 0.2) is 0 Å². The highest BCUT2D eigenvalue weighted by atomic mass is 16.4. The first-order chi connectivity index (χ1) is 8.56. The number of aliphatic carboxylic acids is 1. The molecule has 0 saturated carbocycles. The summed E-state index contributed by atoms with van der Waals surface area (Å²) in [5.41, 5.74) is 6.00. The standard InChI is InChI=1S/C11H18N4O3/c1-15(10(16)3-2-4-12)9(11(17)18)5-8-6-13-7-14-8/h6-7,9H,2-5,12H2,1H3,(H,13,14)(H,17,18)/t9-/m0/s1. The summed E-state index contributed by atoms with van der Waals surface area (Å²) in [5, 5.41) is 9.16. The Morgan fingerprint density at radius 2 is 2.33 bits per heavy atom. The smallest absolute Gasteiger partial charge is 0.326 e. The number of H-pyrrole nitrogens is 1. The van der Waals surface area contributed by atoms with Crippen LogP contribution in [0.3, 0.4) is 0 Å². The van der Waals surface area contributed by atoms with Gasteiger partial charge in [0.2, 0.25) is 5.91 Å². The lowest BCUT2D eigenvalue weighted by Gasteiger charge is -2.24. The molecule has 0 aromatic carbocycles. The predicted octanol–water partition coefficient (Wildman–Crippen LogP) is -0.397. The lowest BCUT2D eigenvalue weighted by atomic mass is 10.1. The Bertz CT molecular complexity index is 391. The summed E-state index contributed by atoms with van der Waals surface area (Å²) < 4.78 is 0. The number of nitrogens with zero attached hydrogens (tertiary/aromatic N) is 2. The van der Waals surface area contributed by atoms with Gasteiger partial charge in [-0.3, -0.25) is 4.79 Å². The fraction of sp³-hybridized carbons (Fsp3) is 0.545. The molecule has 0 aliphatic rings. The van der Waals surface area contributed by atoms with Crippen LogP contribution in [0.2, 0.25) is 0 Å². The minimum absolute atomic E-state index is 0.209. The van der Waals surface area contributed by atoms with E-state index in [-0.39, 0.29) is 18.7 Å². The minimum atomic E-state index is -1.03. The van der Waals surface area contributed by atoms with Crippen LogP contribution in [0.4, 0.5) is 0 Å². The number of nitrogens with one attached hydrogen (secondary N) is 1. The Hall–Kier alpha value is -1.89. The normalized spacial score (nSPS) is 12.1. The van der Waals surface area contributed by atoms with Gasteiger partial charge in [-0.15, -0.1) is 0 Å². The van der Waals surface area contributed by atoms with Crippen molar-refractivity contribution in [3.05, 3.63) is 18.2 Å². The first-order valence-corrected chi connectivity index (χ1v) is 5.72. The monoisotopic (exact) mass is 254 g/mol. The van der Waals surface area contributed by atoms with Crippen molar-refractivity contribution < 1.29 is 14.7 Å². The molecule has 0 radical (unpaired) electrons. The van der Waals surface area contributed by atoms with Crippen molar-refractivity contribution in [1.29, 1.82) is 0 Å². The quantitative estimate of drug-likeness (QED) is 0.613. The summed E-state index contributed by atoms with van der Waals surface area (Å²) in [7, 11) is 1.49. The van der Waals surface area contributed by atoms with Crippen LogP contribution in [0.1, 0.15) is 18.5 Å². The molecule has 1 amide bonds. The summed E-state index contributed by atoms with van der Waals surface area (Å²) in [5.74, 6) is -1.25. The maximum absolute atomic E-state index is 11.8. The van der Waals surface area contributed by atoms with E-state index in [0.717, 1.165) is 0 Å². The molecule has 0 unspecified atom stereocenters. The van der Waals surface area contributed by atoms with Crippen LogP contribution < -0.4 is 5.73 Å². The summed E-state index contributed by atoms with van der Waals surface area (Å²) in [6.07, 6.45) is 4.05. The second-order valence-corrected chi connectivity index (χ2v) is 4.03. The maximum atomic E-state index is 11.8. The number of carbonyl (C=O) groups is 2. The highest BCUT2D eigenvalue weighted by Crippen LogP contribution is 2.08. The van der Waals surface area contributed by atoms with E-state index in [4.69, 9.17) is 10.8 Å². The third-order valence-electron chi connectivity index (χ3n) is 2.71. The first-order valence-electron chi connectivity index (χ1n) is 5.72. The van der Waals surface area contributed by atoms with Crippen LogP contribution in [0, 0.1) is 0 Å². The topological polar surface area (TPSA) is 112 Å². The number of aromatic nitrogens is 2. The third-order valence-corrected chi connectivity index (χ3v) is 2.71. The SMILES string of the molecule is CN(C(=O)CCCN)[C@@H](Cc1cnc[nH]1)C(=O)O. The molecule has 0 spiro atoms. The van der Waals surface area contributed by atoms with Gasteiger partial charge in [-0.2, -0.15) is 0 Å². The summed E-state index contributed by atoms with van der Waals surface area (Å²) >= 11 is 0. The van der Waals surface area contributed by atoms with Crippen molar-refractivity contribution in [3.63, 3.8) is 0 Å². The number of hydrogen-bond donors (Lipinski definition) is 3. The van der Waals surface area contributed by atoms with Crippen molar-refractivity contribution in [3.8, 4) is 0 Å². The van der Waals surface area contributed by atoms with Gasteiger partial charge in [0.25, 0.3) is 0 Å². The number of carboxylic acids is 1. The molecule has 4 N–H and O–H groups in total. The number of rotatable bonds is 7. The molecular weight excluding hydrogens is 236 g/mol. The number of carbonyl (C=O) groups excluding carboxylic acids is 1. The number of carboxylic acid groups (broad SMARTS) is 1. The zero-order chi connectivity index (χ0) is 13.5.